The molecule has 1 aromatic rings. The van der Waals surface area contributed by atoms with Crippen LogP contribution < -0.4 is 10.2 Å². The van der Waals surface area contributed by atoms with Crippen LogP contribution >= 0.6 is 0 Å². The molecular formula is C14H23FN2. The van der Waals surface area contributed by atoms with Crippen molar-refractivity contribution in [1.82, 2.24) is 5.32 Å². The minimum atomic E-state index is -0.170. The smallest absolute Gasteiger partial charge is 0.123 e. The van der Waals surface area contributed by atoms with Crippen LogP contribution in [-0.2, 0) is 6.54 Å². The van der Waals surface area contributed by atoms with E-state index in [-0.39, 0.29) is 5.82 Å². The highest BCUT2D eigenvalue weighted by molar-refractivity contribution is 5.53. The van der Waals surface area contributed by atoms with Crippen LogP contribution in [0.4, 0.5) is 10.1 Å². The van der Waals surface area contributed by atoms with Crippen LogP contribution in [0.3, 0.4) is 0 Å². The predicted octanol–water partition coefficient (Wildman–Crippen LogP) is 3.03. The van der Waals surface area contributed by atoms with Gasteiger partial charge in [0.05, 0.1) is 0 Å². The number of hydrogen-bond donors (Lipinski definition) is 1. The molecule has 0 bridgehead atoms. The van der Waals surface area contributed by atoms with E-state index in [0.717, 1.165) is 24.2 Å². The SMILES string of the molecule is CCC(C)CN(C)c1ccc(F)cc1CNC. The Labute approximate surface area is 104 Å². The molecule has 0 heterocycles. The van der Waals surface area contributed by atoms with E-state index in [4.69, 9.17) is 0 Å². The average molecular weight is 238 g/mol. The summed E-state index contributed by atoms with van der Waals surface area (Å²) in [5.74, 6) is 0.475. The Morgan fingerprint density at radius 1 is 1.41 bits per heavy atom. The van der Waals surface area contributed by atoms with E-state index < -0.39 is 0 Å². The van der Waals surface area contributed by atoms with E-state index in [2.05, 4.69) is 31.1 Å². The summed E-state index contributed by atoms with van der Waals surface area (Å²) >= 11 is 0. The molecule has 0 fully saturated rings. The van der Waals surface area contributed by atoms with Crippen molar-refractivity contribution in [2.24, 2.45) is 5.92 Å². The van der Waals surface area contributed by atoms with Gasteiger partial charge in [0.2, 0.25) is 0 Å². The van der Waals surface area contributed by atoms with Gasteiger partial charge in [-0.1, -0.05) is 20.3 Å². The van der Waals surface area contributed by atoms with Crippen molar-refractivity contribution in [3.63, 3.8) is 0 Å². The normalized spacial score (nSPS) is 12.5. The fourth-order valence-electron chi connectivity index (χ4n) is 1.95. The Bertz CT molecular complexity index is 352. The van der Waals surface area contributed by atoms with Gasteiger partial charge >= 0.3 is 0 Å². The topological polar surface area (TPSA) is 15.3 Å². The molecule has 0 spiro atoms. The van der Waals surface area contributed by atoms with Crippen molar-refractivity contribution in [3.8, 4) is 0 Å². The van der Waals surface area contributed by atoms with Crippen molar-refractivity contribution in [1.29, 1.82) is 0 Å². The van der Waals surface area contributed by atoms with Crippen LogP contribution in [0.1, 0.15) is 25.8 Å². The fourth-order valence-corrected chi connectivity index (χ4v) is 1.95. The van der Waals surface area contributed by atoms with Crippen LogP contribution in [-0.4, -0.2) is 20.6 Å². The first kappa shape index (κ1) is 14.0. The highest BCUT2D eigenvalue weighted by Crippen LogP contribution is 2.22. The van der Waals surface area contributed by atoms with Gasteiger partial charge in [0.15, 0.2) is 0 Å². The van der Waals surface area contributed by atoms with Gasteiger partial charge in [0.25, 0.3) is 0 Å². The molecule has 0 aliphatic heterocycles. The van der Waals surface area contributed by atoms with E-state index >= 15 is 0 Å². The Morgan fingerprint density at radius 2 is 2.12 bits per heavy atom. The third-order valence-corrected chi connectivity index (χ3v) is 3.10. The molecule has 0 amide bonds. The van der Waals surface area contributed by atoms with E-state index in [0.29, 0.717) is 12.5 Å². The van der Waals surface area contributed by atoms with Crippen molar-refractivity contribution in [3.05, 3.63) is 29.6 Å². The van der Waals surface area contributed by atoms with Crippen LogP contribution in [0.2, 0.25) is 0 Å². The van der Waals surface area contributed by atoms with Gasteiger partial charge in [-0.15, -0.1) is 0 Å². The third kappa shape index (κ3) is 4.00. The van der Waals surface area contributed by atoms with Gasteiger partial charge in [-0.25, -0.2) is 4.39 Å². The minimum absolute atomic E-state index is 0.170. The molecule has 1 unspecified atom stereocenters. The molecular weight excluding hydrogens is 215 g/mol. The van der Waals surface area contributed by atoms with Gasteiger partial charge in [0.1, 0.15) is 5.82 Å². The lowest BCUT2D eigenvalue weighted by molar-refractivity contribution is 0.558. The second-order valence-corrected chi connectivity index (χ2v) is 4.70. The zero-order valence-electron chi connectivity index (χ0n) is 11.3. The molecule has 0 radical (unpaired) electrons. The van der Waals surface area contributed by atoms with Gasteiger partial charge in [-0.3, -0.25) is 0 Å². The summed E-state index contributed by atoms with van der Waals surface area (Å²) in [7, 11) is 3.95. The maximum absolute atomic E-state index is 13.2. The van der Waals surface area contributed by atoms with Gasteiger partial charge < -0.3 is 10.2 Å². The molecule has 0 saturated heterocycles. The lowest BCUT2D eigenvalue weighted by atomic mass is 10.1. The summed E-state index contributed by atoms with van der Waals surface area (Å²) in [5.41, 5.74) is 2.12. The average Bonchev–Trinajstić information content (AvgIpc) is 2.29. The number of nitrogens with one attached hydrogen (secondary N) is 1. The Kier molecular flexibility index (Phi) is 5.42. The van der Waals surface area contributed by atoms with E-state index in [1.165, 1.54) is 6.07 Å². The Balaban J connectivity index is 2.87. The molecule has 0 aliphatic rings. The lowest BCUT2D eigenvalue weighted by Crippen LogP contribution is -2.25. The van der Waals surface area contributed by atoms with Crippen LogP contribution in [0, 0.1) is 11.7 Å². The van der Waals surface area contributed by atoms with Gasteiger partial charge in [-0.2, -0.15) is 0 Å². The molecule has 1 atom stereocenters. The first-order valence-corrected chi connectivity index (χ1v) is 6.22. The maximum Gasteiger partial charge on any atom is 0.123 e. The first-order chi connectivity index (χ1) is 8.08. The minimum Gasteiger partial charge on any atom is -0.374 e. The zero-order valence-corrected chi connectivity index (χ0v) is 11.3. The molecule has 2 nitrogen and oxygen atoms in total. The first-order valence-electron chi connectivity index (χ1n) is 6.22. The van der Waals surface area contributed by atoms with Crippen molar-refractivity contribution >= 4 is 5.69 Å². The summed E-state index contributed by atoms with van der Waals surface area (Å²) in [6.45, 7) is 6.12. The van der Waals surface area contributed by atoms with Crippen molar-refractivity contribution < 1.29 is 4.39 Å². The molecule has 96 valence electrons. The second kappa shape index (κ2) is 6.60. The quantitative estimate of drug-likeness (QED) is 0.819. The summed E-state index contributed by atoms with van der Waals surface area (Å²) in [4.78, 5) is 2.21. The summed E-state index contributed by atoms with van der Waals surface area (Å²) in [5, 5.41) is 3.08. The number of nitrogens with zero attached hydrogens (tertiary/aromatic N) is 1. The number of rotatable bonds is 6. The van der Waals surface area contributed by atoms with Crippen molar-refractivity contribution in [2.45, 2.75) is 26.8 Å². The third-order valence-electron chi connectivity index (χ3n) is 3.10. The van der Waals surface area contributed by atoms with Crippen LogP contribution in [0.25, 0.3) is 0 Å². The number of halogens is 1. The molecule has 1 rings (SSSR count). The Hall–Kier alpha value is -1.09. The Morgan fingerprint density at radius 3 is 2.71 bits per heavy atom. The molecule has 0 aliphatic carbocycles. The van der Waals surface area contributed by atoms with Crippen molar-refractivity contribution in [2.75, 3.05) is 25.5 Å². The highest BCUT2D eigenvalue weighted by atomic mass is 19.1. The summed E-state index contributed by atoms with van der Waals surface area (Å²) in [6.07, 6.45) is 1.16. The summed E-state index contributed by atoms with van der Waals surface area (Å²) < 4.78 is 13.2. The molecule has 0 saturated carbocycles. The number of benzene rings is 1. The maximum atomic E-state index is 13.2. The molecule has 1 N–H and O–H groups in total. The van der Waals surface area contributed by atoms with E-state index in [9.17, 15) is 4.39 Å². The standard InChI is InChI=1S/C14H23FN2/c1-5-11(2)10-17(4)14-7-6-13(15)8-12(14)9-16-3/h6-8,11,16H,5,9-10H2,1-4H3. The lowest BCUT2D eigenvalue weighted by Gasteiger charge is -2.25. The zero-order chi connectivity index (χ0) is 12.8. The van der Waals surface area contributed by atoms with Gasteiger partial charge in [-0.05, 0) is 36.7 Å². The largest absolute Gasteiger partial charge is 0.374 e. The monoisotopic (exact) mass is 238 g/mol. The predicted molar refractivity (Wildman–Crippen MR) is 71.9 cm³/mol. The van der Waals surface area contributed by atoms with Gasteiger partial charge in [0, 0.05) is 25.8 Å². The molecule has 3 heteroatoms. The van der Waals surface area contributed by atoms with E-state index in [1.54, 1.807) is 6.07 Å². The molecule has 0 aromatic heterocycles. The van der Waals surface area contributed by atoms with Crippen LogP contribution in [0.15, 0.2) is 18.2 Å². The number of anilines is 1. The van der Waals surface area contributed by atoms with Crippen LogP contribution in [0.5, 0.6) is 0 Å². The molecule has 17 heavy (non-hydrogen) atoms. The fraction of sp³-hybridized carbons (Fsp3) is 0.571. The second-order valence-electron chi connectivity index (χ2n) is 4.70. The molecule has 1 aromatic carbocycles. The van der Waals surface area contributed by atoms with E-state index in [1.807, 2.05) is 13.1 Å². The highest BCUT2D eigenvalue weighted by Gasteiger charge is 2.10. The summed E-state index contributed by atoms with van der Waals surface area (Å²) in [6, 6.07) is 5.00. The number of hydrogen-bond acceptors (Lipinski definition) is 2.